The number of hydrogen-bond acceptors (Lipinski definition) is 7. The summed E-state index contributed by atoms with van der Waals surface area (Å²) in [4.78, 5) is 24.5. The lowest BCUT2D eigenvalue weighted by atomic mass is 9.97. The first-order chi connectivity index (χ1) is 16.7. The molecule has 0 saturated carbocycles. The predicted molar refractivity (Wildman–Crippen MR) is 126 cm³/mol. The van der Waals surface area contributed by atoms with Crippen LogP contribution in [0.15, 0.2) is 47.3 Å². The number of aryl methyl sites for hydroxylation is 1. The smallest absolute Gasteiger partial charge is 0.309 e. The van der Waals surface area contributed by atoms with Crippen molar-refractivity contribution < 1.29 is 13.6 Å². The lowest BCUT2D eigenvalue weighted by Crippen LogP contribution is -2.23. The van der Waals surface area contributed by atoms with Crippen LogP contribution in [0.3, 0.4) is 0 Å². The number of fused-ring (bicyclic) bond motifs is 1. The van der Waals surface area contributed by atoms with E-state index in [1.165, 1.54) is 6.07 Å². The summed E-state index contributed by atoms with van der Waals surface area (Å²) < 4.78 is 22.1. The van der Waals surface area contributed by atoms with Crippen LogP contribution in [0, 0.1) is 5.82 Å². The second-order valence-corrected chi connectivity index (χ2v) is 9.20. The van der Waals surface area contributed by atoms with E-state index < -0.39 is 11.7 Å². The van der Waals surface area contributed by atoms with Gasteiger partial charge in [0, 0.05) is 42.5 Å². The number of imidazole rings is 1. The van der Waals surface area contributed by atoms with Gasteiger partial charge in [-0.3, -0.25) is 9.48 Å². The van der Waals surface area contributed by atoms with E-state index >= 15 is 0 Å². The molecule has 1 amide bonds. The summed E-state index contributed by atoms with van der Waals surface area (Å²) >= 11 is 0. The van der Waals surface area contributed by atoms with Gasteiger partial charge in [-0.05, 0) is 17.7 Å². The van der Waals surface area contributed by atoms with Gasteiger partial charge in [0.15, 0.2) is 5.65 Å². The normalized spacial score (nSPS) is 11.8. The summed E-state index contributed by atoms with van der Waals surface area (Å²) in [6.45, 7) is 5.68. The van der Waals surface area contributed by atoms with E-state index in [1.807, 2.05) is 34.0 Å². The summed E-state index contributed by atoms with van der Waals surface area (Å²) in [7, 11) is 1.83. The highest BCUT2D eigenvalue weighted by Gasteiger charge is 2.24. The molecule has 10 nitrogen and oxygen atoms in total. The Morgan fingerprint density at radius 3 is 2.71 bits per heavy atom. The average Bonchev–Trinajstić information content (AvgIpc) is 3.56. The van der Waals surface area contributed by atoms with Gasteiger partial charge >= 0.3 is 11.8 Å². The number of pyridine rings is 1. The second kappa shape index (κ2) is 8.42. The Hall–Kier alpha value is -4.41. The Morgan fingerprint density at radius 1 is 1.20 bits per heavy atom. The molecule has 0 bridgehead atoms. The van der Waals surface area contributed by atoms with Crippen LogP contribution >= 0.6 is 0 Å². The van der Waals surface area contributed by atoms with Crippen LogP contribution in [0.5, 0.6) is 0 Å². The van der Waals surface area contributed by atoms with Crippen LogP contribution in [0.2, 0.25) is 0 Å². The minimum Gasteiger partial charge on any atom is -0.416 e. The van der Waals surface area contributed by atoms with Crippen LogP contribution in [-0.4, -0.2) is 40.8 Å². The number of rotatable bonds is 5. The minimum absolute atomic E-state index is 0.0286. The van der Waals surface area contributed by atoms with Gasteiger partial charge in [-0.1, -0.05) is 32.9 Å². The Morgan fingerprint density at radius 2 is 2.03 bits per heavy atom. The number of carbonyl (C=O) groups excluding carboxylic acids is 1. The van der Waals surface area contributed by atoms with E-state index in [-0.39, 0.29) is 17.9 Å². The van der Waals surface area contributed by atoms with Gasteiger partial charge in [-0.15, -0.1) is 10.2 Å². The largest absolute Gasteiger partial charge is 0.416 e. The molecule has 0 aliphatic heterocycles. The van der Waals surface area contributed by atoms with Gasteiger partial charge in [-0.2, -0.15) is 5.10 Å². The molecular weight excluding hydrogens is 451 g/mol. The highest BCUT2D eigenvalue weighted by atomic mass is 19.1. The van der Waals surface area contributed by atoms with Gasteiger partial charge in [0.2, 0.25) is 5.89 Å². The maximum atomic E-state index is 15.0. The van der Waals surface area contributed by atoms with E-state index in [4.69, 9.17) is 4.42 Å². The van der Waals surface area contributed by atoms with Gasteiger partial charge in [0.1, 0.15) is 11.6 Å². The lowest BCUT2D eigenvalue weighted by molar-refractivity contribution is 0.0912. The maximum Gasteiger partial charge on any atom is 0.309 e. The number of aromatic nitrogens is 7. The molecule has 0 atom stereocenters. The highest BCUT2D eigenvalue weighted by Crippen LogP contribution is 2.29. The number of H-pyrrole nitrogens is 1. The Balaban J connectivity index is 1.36. The molecule has 35 heavy (non-hydrogen) atoms. The van der Waals surface area contributed by atoms with Gasteiger partial charge in [0.05, 0.1) is 17.3 Å². The van der Waals surface area contributed by atoms with Crippen LogP contribution in [0.4, 0.5) is 4.39 Å². The molecule has 0 aliphatic rings. The molecule has 0 aliphatic carbocycles. The molecule has 11 heteroatoms. The fourth-order valence-corrected chi connectivity index (χ4v) is 3.56. The summed E-state index contributed by atoms with van der Waals surface area (Å²) in [5.74, 6) is -0.195. The van der Waals surface area contributed by atoms with Gasteiger partial charge in [-0.25, -0.2) is 14.4 Å². The fraction of sp³-hybridized carbons (Fsp3) is 0.250. The Kier molecular flexibility index (Phi) is 5.39. The molecule has 1 aromatic carbocycles. The van der Waals surface area contributed by atoms with Crippen LogP contribution < -0.4 is 5.32 Å². The van der Waals surface area contributed by atoms with Crippen molar-refractivity contribution in [3.63, 3.8) is 0 Å². The molecule has 4 heterocycles. The average molecular weight is 475 g/mol. The molecule has 0 fully saturated rings. The topological polar surface area (TPSA) is 127 Å². The summed E-state index contributed by atoms with van der Waals surface area (Å²) in [5, 5.41) is 14.5. The first kappa shape index (κ1) is 22.4. The van der Waals surface area contributed by atoms with Gasteiger partial charge in [0.25, 0.3) is 0 Å². The highest BCUT2D eigenvalue weighted by molar-refractivity contribution is 5.91. The molecule has 5 aromatic rings. The van der Waals surface area contributed by atoms with Crippen molar-refractivity contribution in [2.75, 3.05) is 0 Å². The standard InChI is InChI=1S/C24H23FN8O2/c1-24(2,3)23-32-31-22(35-23)21(34)27-10-14-6-5-13(9-17(14)25)16-7-8-26-20-18(16)29-19(30-20)15-11-28-33(4)12-15/h5-9,11-12H,10H2,1-4H3,(H,27,34)(H,26,29,30). The number of aromatic amines is 1. The zero-order chi connectivity index (χ0) is 24.7. The third kappa shape index (κ3) is 4.39. The SMILES string of the molecule is Cn1cc(-c2nc3nccc(-c4ccc(CNC(=O)c5nnc(C(C)(C)C)o5)c(F)c4)c3[nH]2)cn1. The van der Waals surface area contributed by atoms with Crippen LogP contribution in [-0.2, 0) is 19.0 Å². The van der Waals surface area contributed by atoms with Crippen LogP contribution in [0.25, 0.3) is 33.7 Å². The first-order valence-electron chi connectivity index (χ1n) is 10.9. The van der Waals surface area contributed by atoms with Crippen molar-refractivity contribution in [3.8, 4) is 22.5 Å². The number of halogens is 1. The first-order valence-corrected chi connectivity index (χ1v) is 10.9. The number of carbonyl (C=O) groups is 1. The van der Waals surface area contributed by atoms with Crippen molar-refractivity contribution in [3.05, 3.63) is 66.0 Å². The molecule has 2 N–H and O–H groups in total. The monoisotopic (exact) mass is 474 g/mol. The number of nitrogens with one attached hydrogen (secondary N) is 2. The Bertz CT molecular complexity index is 1540. The van der Waals surface area contributed by atoms with Crippen molar-refractivity contribution in [1.82, 2.24) is 40.2 Å². The molecule has 0 saturated heterocycles. The molecular formula is C24H23FN8O2. The van der Waals surface area contributed by atoms with Crippen LogP contribution in [0.1, 0.15) is 42.9 Å². The summed E-state index contributed by atoms with van der Waals surface area (Å²) in [6.07, 6.45) is 5.19. The molecule has 178 valence electrons. The fourth-order valence-electron chi connectivity index (χ4n) is 3.56. The number of benzene rings is 1. The maximum absolute atomic E-state index is 15.0. The van der Waals surface area contributed by atoms with Crippen molar-refractivity contribution in [1.29, 1.82) is 0 Å². The third-order valence-electron chi connectivity index (χ3n) is 5.43. The van der Waals surface area contributed by atoms with E-state index in [1.54, 1.807) is 35.3 Å². The number of amides is 1. The predicted octanol–water partition coefficient (Wildman–Crippen LogP) is 3.78. The molecule has 4 aromatic heterocycles. The third-order valence-corrected chi connectivity index (χ3v) is 5.43. The van der Waals surface area contributed by atoms with Crippen molar-refractivity contribution >= 4 is 17.1 Å². The lowest BCUT2D eigenvalue weighted by Gasteiger charge is -2.11. The quantitative estimate of drug-likeness (QED) is 0.397. The zero-order valence-corrected chi connectivity index (χ0v) is 19.6. The molecule has 0 radical (unpaired) electrons. The summed E-state index contributed by atoms with van der Waals surface area (Å²) in [5.41, 5.74) is 3.39. The van der Waals surface area contributed by atoms with Crippen molar-refractivity contribution in [2.45, 2.75) is 32.7 Å². The second-order valence-electron chi connectivity index (χ2n) is 9.20. The molecule has 0 unspecified atom stereocenters. The molecule has 0 spiro atoms. The minimum atomic E-state index is -0.562. The molecule has 5 rings (SSSR count). The van der Waals surface area contributed by atoms with Crippen molar-refractivity contribution in [2.24, 2.45) is 7.05 Å². The van der Waals surface area contributed by atoms with Gasteiger partial charge < -0.3 is 14.7 Å². The number of nitrogens with zero attached hydrogens (tertiary/aromatic N) is 6. The zero-order valence-electron chi connectivity index (χ0n) is 19.6. The van der Waals surface area contributed by atoms with E-state index in [0.717, 1.165) is 11.1 Å². The van der Waals surface area contributed by atoms with E-state index in [2.05, 4.69) is 35.6 Å². The number of hydrogen-bond donors (Lipinski definition) is 2. The summed E-state index contributed by atoms with van der Waals surface area (Å²) in [6, 6.07) is 6.63. The Labute approximate surface area is 199 Å². The van der Waals surface area contributed by atoms with E-state index in [9.17, 15) is 9.18 Å². The van der Waals surface area contributed by atoms with E-state index in [0.29, 0.717) is 34.0 Å².